The Morgan fingerprint density at radius 3 is 2.20 bits per heavy atom. The van der Waals surface area contributed by atoms with Crippen LogP contribution in [-0.4, -0.2) is 4.98 Å². The van der Waals surface area contributed by atoms with E-state index in [4.69, 9.17) is 11.6 Å². The molecule has 2 aromatic rings. The molecule has 0 bridgehead atoms. The molecular weight excluding hydrogens is 249 g/mol. The minimum absolute atomic E-state index is 0. The Morgan fingerprint density at radius 1 is 1.13 bits per heavy atom. The lowest BCUT2D eigenvalue weighted by Crippen LogP contribution is -1.76. The molecule has 0 aliphatic rings. The Labute approximate surface area is 105 Å². The highest BCUT2D eigenvalue weighted by Gasteiger charge is 2.05. The number of nitrogens with zero attached hydrogens (tertiary/aromatic N) is 1. The number of hydrogen-bond acceptors (Lipinski definition) is 2. The molecule has 2 rings (SSSR count). The molecule has 1 nitrogen and oxygen atoms in total. The molecule has 1 aromatic heterocycles. The maximum atomic E-state index is 5.82. The van der Waals surface area contributed by atoms with Crippen LogP contribution in [0.2, 0.25) is 5.02 Å². The first-order valence-corrected chi connectivity index (χ1v) is 5.56. The normalized spacial score (nSPS) is 9.80. The summed E-state index contributed by atoms with van der Waals surface area (Å²) in [7, 11) is 0. The van der Waals surface area contributed by atoms with Crippen molar-refractivity contribution in [2.45, 2.75) is 13.8 Å². The van der Waals surface area contributed by atoms with Crippen molar-refractivity contribution in [3.63, 3.8) is 0 Å². The summed E-state index contributed by atoms with van der Waals surface area (Å²) in [6.07, 6.45) is 0. The molecule has 4 heteroatoms. The summed E-state index contributed by atoms with van der Waals surface area (Å²) >= 11 is 7.54. The first-order valence-electron chi connectivity index (χ1n) is 4.37. The Kier molecular flexibility index (Phi) is 4.14. The van der Waals surface area contributed by atoms with Crippen molar-refractivity contribution in [2.24, 2.45) is 0 Å². The van der Waals surface area contributed by atoms with E-state index in [0.29, 0.717) is 0 Å². The minimum atomic E-state index is 0. The Morgan fingerprint density at radius 2 is 1.73 bits per heavy atom. The molecule has 80 valence electrons. The van der Waals surface area contributed by atoms with Crippen LogP contribution >= 0.6 is 35.3 Å². The molecule has 1 aromatic carbocycles. The second-order valence-corrected chi connectivity index (χ2v) is 4.81. The van der Waals surface area contributed by atoms with Crippen molar-refractivity contribution < 1.29 is 0 Å². The summed E-state index contributed by atoms with van der Waals surface area (Å²) in [5.41, 5.74) is 2.25. The van der Waals surface area contributed by atoms with Gasteiger partial charge < -0.3 is 0 Å². The predicted molar refractivity (Wildman–Crippen MR) is 69.3 cm³/mol. The molecule has 0 aliphatic heterocycles. The van der Waals surface area contributed by atoms with E-state index in [2.05, 4.69) is 11.9 Å². The van der Waals surface area contributed by atoms with E-state index in [9.17, 15) is 0 Å². The smallest absolute Gasteiger partial charge is 0.123 e. The fourth-order valence-corrected chi connectivity index (χ4v) is 2.23. The molecule has 0 radical (unpaired) electrons. The maximum Gasteiger partial charge on any atom is 0.123 e. The van der Waals surface area contributed by atoms with Crippen molar-refractivity contribution in [1.29, 1.82) is 0 Å². The number of hydrogen-bond donors (Lipinski definition) is 0. The Balaban J connectivity index is 0.00000112. The molecule has 0 amide bonds. The van der Waals surface area contributed by atoms with E-state index in [0.717, 1.165) is 21.3 Å². The van der Waals surface area contributed by atoms with Gasteiger partial charge in [-0.25, -0.2) is 4.98 Å². The molecule has 0 atom stereocenters. The zero-order chi connectivity index (χ0) is 10.1. The van der Waals surface area contributed by atoms with Gasteiger partial charge in [0.2, 0.25) is 0 Å². The van der Waals surface area contributed by atoms with Crippen LogP contribution < -0.4 is 0 Å². The Bertz CT molecular complexity index is 429. The van der Waals surface area contributed by atoms with E-state index >= 15 is 0 Å². The highest BCUT2D eigenvalue weighted by atomic mass is 35.5. The first-order chi connectivity index (χ1) is 6.66. The van der Waals surface area contributed by atoms with Crippen LogP contribution in [0.1, 0.15) is 10.6 Å². The van der Waals surface area contributed by atoms with Crippen molar-refractivity contribution in [1.82, 2.24) is 4.98 Å². The molecular formula is C11H11Cl2NS. The van der Waals surface area contributed by atoms with Gasteiger partial charge in [0.05, 0.1) is 5.69 Å². The SMILES string of the molecule is Cc1nc(-c2ccc(Cl)cc2)sc1C.Cl. The largest absolute Gasteiger partial charge is 0.241 e. The molecule has 0 fully saturated rings. The predicted octanol–water partition coefficient (Wildman–Crippen LogP) is 4.50. The van der Waals surface area contributed by atoms with Crippen LogP contribution in [0.15, 0.2) is 24.3 Å². The van der Waals surface area contributed by atoms with Gasteiger partial charge in [-0.2, -0.15) is 0 Å². The third-order valence-electron chi connectivity index (χ3n) is 2.12. The monoisotopic (exact) mass is 259 g/mol. The molecule has 15 heavy (non-hydrogen) atoms. The van der Waals surface area contributed by atoms with E-state index in [1.54, 1.807) is 11.3 Å². The van der Waals surface area contributed by atoms with Gasteiger partial charge in [0.15, 0.2) is 0 Å². The van der Waals surface area contributed by atoms with E-state index in [-0.39, 0.29) is 12.4 Å². The number of halogens is 2. The van der Waals surface area contributed by atoms with E-state index in [1.165, 1.54) is 4.88 Å². The molecule has 0 aliphatic carbocycles. The van der Waals surface area contributed by atoms with Crippen LogP contribution in [0.25, 0.3) is 10.6 Å². The summed E-state index contributed by atoms with van der Waals surface area (Å²) in [5.74, 6) is 0. The molecule has 0 saturated carbocycles. The molecule has 0 spiro atoms. The highest BCUT2D eigenvalue weighted by molar-refractivity contribution is 7.15. The third kappa shape index (κ3) is 2.71. The van der Waals surface area contributed by atoms with Crippen LogP contribution in [0.3, 0.4) is 0 Å². The van der Waals surface area contributed by atoms with Crippen LogP contribution in [0.4, 0.5) is 0 Å². The van der Waals surface area contributed by atoms with Crippen LogP contribution in [-0.2, 0) is 0 Å². The van der Waals surface area contributed by atoms with Gasteiger partial charge >= 0.3 is 0 Å². The van der Waals surface area contributed by atoms with Crippen molar-refractivity contribution in [3.05, 3.63) is 39.9 Å². The zero-order valence-electron chi connectivity index (χ0n) is 8.45. The fraction of sp³-hybridized carbons (Fsp3) is 0.182. The van der Waals surface area contributed by atoms with Gasteiger partial charge in [0.25, 0.3) is 0 Å². The summed E-state index contributed by atoms with van der Waals surface area (Å²) in [6, 6.07) is 7.78. The lowest BCUT2D eigenvalue weighted by atomic mass is 10.2. The van der Waals surface area contributed by atoms with E-state index < -0.39 is 0 Å². The van der Waals surface area contributed by atoms with Crippen molar-refractivity contribution in [3.8, 4) is 10.6 Å². The van der Waals surface area contributed by atoms with Gasteiger partial charge in [0, 0.05) is 15.5 Å². The number of thiazole rings is 1. The standard InChI is InChI=1S/C11H10ClNS.ClH/c1-7-8(2)14-11(13-7)9-3-5-10(12)6-4-9;/h3-6H,1-2H3;1H. The fourth-order valence-electron chi connectivity index (χ4n) is 1.19. The Hall–Kier alpha value is -0.570. The number of rotatable bonds is 1. The van der Waals surface area contributed by atoms with E-state index in [1.807, 2.05) is 31.2 Å². The first kappa shape index (κ1) is 12.5. The van der Waals surface area contributed by atoms with Gasteiger partial charge in [-0.05, 0) is 26.0 Å². The topological polar surface area (TPSA) is 12.9 Å². The second-order valence-electron chi connectivity index (χ2n) is 3.17. The van der Waals surface area contributed by atoms with Crippen molar-refractivity contribution in [2.75, 3.05) is 0 Å². The molecule has 1 heterocycles. The molecule has 0 saturated heterocycles. The van der Waals surface area contributed by atoms with Crippen LogP contribution in [0, 0.1) is 13.8 Å². The van der Waals surface area contributed by atoms with Gasteiger partial charge in [-0.3, -0.25) is 0 Å². The van der Waals surface area contributed by atoms with Gasteiger partial charge in [0.1, 0.15) is 5.01 Å². The number of benzene rings is 1. The lowest BCUT2D eigenvalue weighted by Gasteiger charge is -1.94. The summed E-state index contributed by atoms with van der Waals surface area (Å²) in [4.78, 5) is 5.76. The molecule has 0 N–H and O–H groups in total. The average molecular weight is 260 g/mol. The van der Waals surface area contributed by atoms with Gasteiger partial charge in [-0.15, -0.1) is 23.7 Å². The lowest BCUT2D eigenvalue weighted by molar-refractivity contribution is 1.23. The number of aryl methyl sites for hydroxylation is 2. The minimum Gasteiger partial charge on any atom is -0.241 e. The zero-order valence-corrected chi connectivity index (χ0v) is 10.8. The second kappa shape index (κ2) is 4.97. The van der Waals surface area contributed by atoms with Gasteiger partial charge in [-0.1, -0.05) is 23.7 Å². The third-order valence-corrected chi connectivity index (χ3v) is 3.49. The number of aromatic nitrogens is 1. The summed E-state index contributed by atoms with van der Waals surface area (Å²) < 4.78 is 0. The quantitative estimate of drug-likeness (QED) is 0.735. The summed E-state index contributed by atoms with van der Waals surface area (Å²) in [5, 5.41) is 1.83. The maximum absolute atomic E-state index is 5.82. The molecule has 0 unspecified atom stereocenters. The summed E-state index contributed by atoms with van der Waals surface area (Å²) in [6.45, 7) is 4.12. The van der Waals surface area contributed by atoms with Crippen LogP contribution in [0.5, 0.6) is 0 Å². The van der Waals surface area contributed by atoms with Crippen molar-refractivity contribution >= 4 is 35.3 Å². The highest BCUT2D eigenvalue weighted by Crippen LogP contribution is 2.27. The average Bonchev–Trinajstić information content (AvgIpc) is 2.48.